The quantitative estimate of drug-likeness (QED) is 0.630. The molecule has 0 saturated heterocycles. The number of aromatic hydroxyl groups is 1. The monoisotopic (exact) mass is 363 g/mol. The van der Waals surface area contributed by atoms with Gasteiger partial charge in [0.25, 0.3) is 5.56 Å². The fourth-order valence-electron chi connectivity index (χ4n) is 2.92. The lowest BCUT2D eigenvalue weighted by molar-refractivity contribution is -0.113. The van der Waals surface area contributed by atoms with Crippen LogP contribution in [-0.4, -0.2) is 26.3 Å². The largest absolute Gasteiger partial charge is 0.493 e. The highest BCUT2D eigenvalue weighted by atomic mass is 32.2. The molecule has 0 atom stereocenters. The molecule has 1 aliphatic rings. The number of amides is 1. The molecule has 0 spiro atoms. The maximum atomic E-state index is 12.9. The molecule has 2 aromatic rings. The van der Waals surface area contributed by atoms with Gasteiger partial charge in [0, 0.05) is 11.7 Å². The number of thioether (sulfide) groups is 1. The highest BCUT2D eigenvalue weighted by molar-refractivity contribution is 7.99. The van der Waals surface area contributed by atoms with E-state index in [0.717, 1.165) is 43.5 Å². The summed E-state index contributed by atoms with van der Waals surface area (Å²) in [5.41, 5.74) is 0.185. The molecule has 1 aromatic heterocycles. The van der Waals surface area contributed by atoms with Crippen molar-refractivity contribution in [2.45, 2.75) is 36.9 Å². The van der Waals surface area contributed by atoms with Crippen molar-refractivity contribution in [2.24, 2.45) is 0 Å². The highest BCUT2D eigenvalue weighted by Gasteiger charge is 2.22. The maximum Gasteiger partial charge on any atom is 0.258 e. The molecule has 132 valence electrons. The van der Waals surface area contributed by atoms with E-state index >= 15 is 0 Å². The van der Waals surface area contributed by atoms with E-state index in [0.29, 0.717) is 10.8 Å². The Morgan fingerprint density at radius 3 is 2.68 bits per heavy atom. The fourth-order valence-corrected chi connectivity index (χ4v) is 3.79. The van der Waals surface area contributed by atoms with Crippen LogP contribution in [0.1, 0.15) is 31.7 Å². The van der Waals surface area contributed by atoms with Crippen LogP contribution < -0.4 is 10.9 Å². The van der Waals surface area contributed by atoms with Crippen molar-refractivity contribution < 1.29 is 14.3 Å². The number of halogens is 1. The number of anilines is 1. The van der Waals surface area contributed by atoms with Gasteiger partial charge in [-0.3, -0.25) is 14.2 Å². The molecular formula is C17H18FN3O3S. The molecule has 1 heterocycles. The number of benzene rings is 1. The van der Waals surface area contributed by atoms with Crippen LogP contribution in [0.2, 0.25) is 0 Å². The number of carbonyl (C=O) groups excluding carboxylic acids is 1. The number of hydrogen-bond donors (Lipinski definition) is 2. The van der Waals surface area contributed by atoms with Crippen molar-refractivity contribution >= 4 is 23.4 Å². The van der Waals surface area contributed by atoms with E-state index in [9.17, 15) is 19.1 Å². The Labute approximate surface area is 148 Å². The van der Waals surface area contributed by atoms with E-state index in [-0.39, 0.29) is 35.0 Å². The normalized spacial score (nSPS) is 14.6. The SMILES string of the molecule is O=C(CSc1nc(O)cc(=O)n1C1CCCC1)Nc1ccc(F)cc1. The third-order valence-electron chi connectivity index (χ3n) is 4.06. The van der Waals surface area contributed by atoms with Gasteiger partial charge < -0.3 is 10.4 Å². The van der Waals surface area contributed by atoms with E-state index < -0.39 is 0 Å². The molecule has 1 amide bonds. The van der Waals surface area contributed by atoms with Crippen LogP contribution in [0.25, 0.3) is 0 Å². The van der Waals surface area contributed by atoms with Crippen molar-refractivity contribution in [1.29, 1.82) is 0 Å². The molecule has 25 heavy (non-hydrogen) atoms. The second-order valence-corrected chi connectivity index (χ2v) is 6.83. The van der Waals surface area contributed by atoms with Crippen molar-refractivity contribution in [3.05, 3.63) is 46.5 Å². The number of carbonyl (C=O) groups is 1. The first-order valence-corrected chi connectivity index (χ1v) is 9.02. The first-order chi connectivity index (χ1) is 12.0. The molecule has 8 heteroatoms. The van der Waals surface area contributed by atoms with Crippen LogP contribution in [0.3, 0.4) is 0 Å². The van der Waals surface area contributed by atoms with Crippen molar-refractivity contribution in [3.63, 3.8) is 0 Å². The van der Waals surface area contributed by atoms with Gasteiger partial charge in [-0.1, -0.05) is 24.6 Å². The van der Waals surface area contributed by atoms with E-state index in [1.807, 2.05) is 0 Å². The molecule has 3 rings (SSSR count). The van der Waals surface area contributed by atoms with Crippen LogP contribution >= 0.6 is 11.8 Å². The van der Waals surface area contributed by atoms with Gasteiger partial charge >= 0.3 is 0 Å². The van der Waals surface area contributed by atoms with E-state index in [1.54, 1.807) is 4.57 Å². The molecule has 0 bridgehead atoms. The van der Waals surface area contributed by atoms with Crippen molar-refractivity contribution in [1.82, 2.24) is 9.55 Å². The summed E-state index contributed by atoms with van der Waals surface area (Å²) in [6, 6.07) is 6.62. The smallest absolute Gasteiger partial charge is 0.258 e. The Balaban J connectivity index is 1.70. The van der Waals surface area contributed by atoms with Gasteiger partial charge in [-0.25, -0.2) is 4.39 Å². The number of aromatic nitrogens is 2. The van der Waals surface area contributed by atoms with Crippen molar-refractivity contribution in [3.8, 4) is 5.88 Å². The minimum atomic E-state index is -0.378. The van der Waals surface area contributed by atoms with Crippen LogP contribution in [0.5, 0.6) is 5.88 Å². The molecule has 6 nitrogen and oxygen atoms in total. The molecule has 0 unspecified atom stereocenters. The van der Waals surface area contributed by atoms with Gasteiger partial charge in [0.05, 0.1) is 11.8 Å². The number of nitrogens with one attached hydrogen (secondary N) is 1. The predicted molar refractivity (Wildman–Crippen MR) is 93.4 cm³/mol. The summed E-state index contributed by atoms with van der Waals surface area (Å²) in [6.07, 6.45) is 3.88. The van der Waals surface area contributed by atoms with E-state index in [2.05, 4.69) is 10.3 Å². The average molecular weight is 363 g/mol. The molecule has 0 radical (unpaired) electrons. The zero-order chi connectivity index (χ0) is 17.8. The van der Waals surface area contributed by atoms with Gasteiger partial charge in [0.2, 0.25) is 11.8 Å². The number of rotatable bonds is 5. The Bertz CT molecular complexity index is 817. The zero-order valence-corrected chi connectivity index (χ0v) is 14.3. The Morgan fingerprint density at radius 1 is 1.32 bits per heavy atom. The molecule has 1 saturated carbocycles. The zero-order valence-electron chi connectivity index (χ0n) is 13.4. The predicted octanol–water partition coefficient (Wildman–Crippen LogP) is 2.93. The van der Waals surface area contributed by atoms with Crippen LogP contribution in [0.4, 0.5) is 10.1 Å². The van der Waals surface area contributed by atoms with Crippen LogP contribution in [0.15, 0.2) is 40.3 Å². The molecular weight excluding hydrogens is 345 g/mol. The first-order valence-electron chi connectivity index (χ1n) is 8.04. The summed E-state index contributed by atoms with van der Waals surface area (Å²) < 4.78 is 14.5. The maximum absolute atomic E-state index is 12.9. The van der Waals surface area contributed by atoms with Gasteiger partial charge in [-0.15, -0.1) is 0 Å². The molecule has 2 N–H and O–H groups in total. The average Bonchev–Trinajstić information content (AvgIpc) is 3.08. The second-order valence-electron chi connectivity index (χ2n) is 5.89. The second kappa shape index (κ2) is 7.69. The third-order valence-corrected chi connectivity index (χ3v) is 5.01. The van der Waals surface area contributed by atoms with Crippen molar-refractivity contribution in [2.75, 3.05) is 11.1 Å². The van der Waals surface area contributed by atoms with Gasteiger partial charge in [-0.05, 0) is 37.1 Å². The van der Waals surface area contributed by atoms with E-state index in [1.165, 1.54) is 24.3 Å². The summed E-state index contributed by atoms with van der Waals surface area (Å²) >= 11 is 1.10. The summed E-state index contributed by atoms with van der Waals surface area (Å²) in [4.78, 5) is 28.3. The van der Waals surface area contributed by atoms with E-state index in [4.69, 9.17) is 0 Å². The molecule has 1 aliphatic carbocycles. The lowest BCUT2D eigenvalue weighted by atomic mass is 10.2. The van der Waals surface area contributed by atoms with Gasteiger partial charge in [-0.2, -0.15) is 4.98 Å². The molecule has 0 aliphatic heterocycles. The summed E-state index contributed by atoms with van der Waals surface area (Å²) in [7, 11) is 0. The Kier molecular flexibility index (Phi) is 5.37. The van der Waals surface area contributed by atoms with Crippen LogP contribution in [0, 0.1) is 5.82 Å². The summed E-state index contributed by atoms with van der Waals surface area (Å²) in [6.45, 7) is 0. The summed E-state index contributed by atoms with van der Waals surface area (Å²) in [5, 5.41) is 12.6. The molecule has 1 fully saturated rings. The Morgan fingerprint density at radius 2 is 2.00 bits per heavy atom. The molecule has 1 aromatic carbocycles. The van der Waals surface area contributed by atoms with Crippen LogP contribution in [-0.2, 0) is 4.79 Å². The third kappa shape index (κ3) is 4.39. The topological polar surface area (TPSA) is 84.2 Å². The Hall–Kier alpha value is -2.35. The standard InChI is InChI=1S/C17H18FN3O3S/c18-11-5-7-12(8-6-11)19-15(23)10-25-17-20-14(22)9-16(24)21(17)13-3-1-2-4-13/h5-9,13,22H,1-4,10H2,(H,19,23). The van der Waals surface area contributed by atoms with Gasteiger partial charge in [0.15, 0.2) is 5.16 Å². The summed E-state index contributed by atoms with van der Waals surface area (Å²) in [5.74, 6) is -0.996. The number of nitrogens with zero attached hydrogens (tertiary/aromatic N) is 2. The van der Waals surface area contributed by atoms with Gasteiger partial charge in [0.1, 0.15) is 5.82 Å². The minimum absolute atomic E-state index is 0.0278. The first kappa shape index (κ1) is 17.5. The highest BCUT2D eigenvalue weighted by Crippen LogP contribution is 2.31. The lowest BCUT2D eigenvalue weighted by Gasteiger charge is -2.17. The lowest BCUT2D eigenvalue weighted by Crippen LogP contribution is -2.26. The number of hydrogen-bond acceptors (Lipinski definition) is 5. The fraction of sp³-hybridized carbons (Fsp3) is 0.353. The minimum Gasteiger partial charge on any atom is -0.493 e.